The summed E-state index contributed by atoms with van der Waals surface area (Å²) in [5.74, 6) is 0.771. The van der Waals surface area contributed by atoms with Gasteiger partial charge in [-0.15, -0.1) is 0 Å². The topological polar surface area (TPSA) is 15.3 Å². The van der Waals surface area contributed by atoms with Gasteiger partial charge in [0.15, 0.2) is 0 Å². The van der Waals surface area contributed by atoms with Crippen LogP contribution in [0.25, 0.3) is 0 Å². The monoisotopic (exact) mass is 278 g/mol. The maximum absolute atomic E-state index is 13.9. The van der Waals surface area contributed by atoms with Crippen molar-refractivity contribution in [3.05, 3.63) is 35.6 Å². The van der Waals surface area contributed by atoms with Crippen LogP contribution in [0.4, 0.5) is 4.39 Å². The van der Waals surface area contributed by atoms with E-state index in [1.807, 2.05) is 12.1 Å². The highest BCUT2D eigenvalue weighted by atomic mass is 19.1. The quantitative estimate of drug-likeness (QED) is 0.820. The van der Waals surface area contributed by atoms with Crippen LogP contribution in [0.5, 0.6) is 0 Å². The summed E-state index contributed by atoms with van der Waals surface area (Å²) >= 11 is 0. The summed E-state index contributed by atoms with van der Waals surface area (Å²) in [6.07, 6.45) is 3.58. The van der Waals surface area contributed by atoms with Gasteiger partial charge in [0.05, 0.1) is 0 Å². The van der Waals surface area contributed by atoms with E-state index in [0.717, 1.165) is 31.0 Å². The highest BCUT2D eigenvalue weighted by Gasteiger charge is 2.22. The Morgan fingerprint density at radius 3 is 2.80 bits per heavy atom. The third-order valence-corrected chi connectivity index (χ3v) is 4.41. The van der Waals surface area contributed by atoms with Gasteiger partial charge in [-0.3, -0.25) is 0 Å². The Morgan fingerprint density at radius 2 is 2.15 bits per heavy atom. The number of likely N-dealkylation sites (tertiary alicyclic amines) is 1. The lowest BCUT2D eigenvalue weighted by molar-refractivity contribution is 0.297. The van der Waals surface area contributed by atoms with Crippen LogP contribution in [0.2, 0.25) is 0 Å². The van der Waals surface area contributed by atoms with Gasteiger partial charge in [0.25, 0.3) is 0 Å². The van der Waals surface area contributed by atoms with Crippen molar-refractivity contribution in [2.24, 2.45) is 5.92 Å². The standard InChI is InChI=1S/C17H27FN2/c1-3-14-9-11-20(13-14)12-10-17(19-4-2)15-7-5-6-8-16(15)18/h5-8,14,17,19H,3-4,9-13H2,1-2H3. The molecule has 2 atom stereocenters. The van der Waals surface area contributed by atoms with Gasteiger partial charge in [0, 0.05) is 18.2 Å². The second kappa shape index (κ2) is 7.75. The van der Waals surface area contributed by atoms with E-state index in [1.54, 1.807) is 12.1 Å². The Labute approximate surface area is 122 Å². The molecule has 1 heterocycles. The van der Waals surface area contributed by atoms with Crippen LogP contribution in [0, 0.1) is 11.7 Å². The summed E-state index contributed by atoms with van der Waals surface area (Å²) in [5, 5.41) is 3.42. The van der Waals surface area contributed by atoms with Gasteiger partial charge in [-0.05, 0) is 44.5 Å². The van der Waals surface area contributed by atoms with Crippen LogP contribution in [-0.4, -0.2) is 31.1 Å². The minimum Gasteiger partial charge on any atom is -0.310 e. The molecule has 112 valence electrons. The van der Waals surface area contributed by atoms with E-state index in [9.17, 15) is 4.39 Å². The van der Waals surface area contributed by atoms with Gasteiger partial charge in [-0.1, -0.05) is 38.5 Å². The lowest BCUT2D eigenvalue weighted by Crippen LogP contribution is -2.28. The zero-order valence-corrected chi connectivity index (χ0v) is 12.7. The van der Waals surface area contributed by atoms with Crippen LogP contribution in [0.3, 0.4) is 0 Å². The fraction of sp³-hybridized carbons (Fsp3) is 0.647. The van der Waals surface area contributed by atoms with Crippen molar-refractivity contribution in [1.82, 2.24) is 10.2 Å². The molecule has 2 unspecified atom stereocenters. The van der Waals surface area contributed by atoms with E-state index in [4.69, 9.17) is 0 Å². The molecule has 1 fully saturated rings. The van der Waals surface area contributed by atoms with E-state index in [2.05, 4.69) is 24.1 Å². The van der Waals surface area contributed by atoms with Gasteiger partial charge in [0.2, 0.25) is 0 Å². The molecule has 1 aromatic rings. The fourth-order valence-electron chi connectivity index (χ4n) is 3.13. The number of nitrogens with zero attached hydrogens (tertiary/aromatic N) is 1. The fourth-order valence-corrected chi connectivity index (χ4v) is 3.13. The second-order valence-electron chi connectivity index (χ2n) is 5.78. The Kier molecular flexibility index (Phi) is 5.99. The summed E-state index contributed by atoms with van der Waals surface area (Å²) in [6.45, 7) is 8.70. The number of halogens is 1. The van der Waals surface area contributed by atoms with Crippen molar-refractivity contribution in [3.8, 4) is 0 Å². The molecule has 20 heavy (non-hydrogen) atoms. The predicted octanol–water partition coefficient (Wildman–Crippen LogP) is 3.60. The largest absolute Gasteiger partial charge is 0.310 e. The third kappa shape index (κ3) is 4.03. The molecule has 1 aliphatic heterocycles. The molecule has 1 saturated heterocycles. The summed E-state index contributed by atoms with van der Waals surface area (Å²) < 4.78 is 13.9. The van der Waals surface area contributed by atoms with Crippen LogP contribution in [-0.2, 0) is 0 Å². The second-order valence-corrected chi connectivity index (χ2v) is 5.78. The summed E-state index contributed by atoms with van der Waals surface area (Å²) in [7, 11) is 0. The van der Waals surface area contributed by atoms with Crippen molar-refractivity contribution < 1.29 is 4.39 Å². The van der Waals surface area contributed by atoms with Crippen LogP contribution in [0.1, 0.15) is 44.7 Å². The lowest BCUT2D eigenvalue weighted by Gasteiger charge is -2.23. The summed E-state index contributed by atoms with van der Waals surface area (Å²) in [6, 6.07) is 7.27. The predicted molar refractivity (Wildman–Crippen MR) is 82.3 cm³/mol. The molecule has 3 heteroatoms. The highest BCUT2D eigenvalue weighted by molar-refractivity contribution is 5.21. The van der Waals surface area contributed by atoms with E-state index in [1.165, 1.54) is 25.9 Å². The highest BCUT2D eigenvalue weighted by Crippen LogP contribution is 2.23. The summed E-state index contributed by atoms with van der Waals surface area (Å²) in [4.78, 5) is 2.53. The maximum atomic E-state index is 13.9. The minimum absolute atomic E-state index is 0.0914. The zero-order chi connectivity index (χ0) is 14.4. The Morgan fingerprint density at radius 1 is 1.35 bits per heavy atom. The lowest BCUT2D eigenvalue weighted by atomic mass is 10.0. The first-order chi connectivity index (χ1) is 9.74. The SMILES string of the molecule is CCNC(CCN1CCC(CC)C1)c1ccccc1F. The van der Waals surface area contributed by atoms with Crippen LogP contribution >= 0.6 is 0 Å². The maximum Gasteiger partial charge on any atom is 0.127 e. The summed E-state index contributed by atoms with van der Waals surface area (Å²) in [5.41, 5.74) is 0.806. The molecule has 0 aromatic heterocycles. The molecule has 0 saturated carbocycles. The van der Waals surface area contributed by atoms with E-state index in [-0.39, 0.29) is 11.9 Å². The van der Waals surface area contributed by atoms with Crippen molar-refractivity contribution in [2.75, 3.05) is 26.2 Å². The number of hydrogen-bond acceptors (Lipinski definition) is 2. The van der Waals surface area contributed by atoms with Crippen molar-refractivity contribution in [3.63, 3.8) is 0 Å². The normalized spacial score (nSPS) is 21.2. The average Bonchev–Trinajstić information content (AvgIpc) is 2.92. The molecule has 0 bridgehead atoms. The van der Waals surface area contributed by atoms with E-state index < -0.39 is 0 Å². The van der Waals surface area contributed by atoms with Crippen molar-refractivity contribution >= 4 is 0 Å². The number of hydrogen-bond donors (Lipinski definition) is 1. The smallest absolute Gasteiger partial charge is 0.127 e. The van der Waals surface area contributed by atoms with Crippen LogP contribution in [0.15, 0.2) is 24.3 Å². The van der Waals surface area contributed by atoms with E-state index >= 15 is 0 Å². The zero-order valence-electron chi connectivity index (χ0n) is 12.7. The molecule has 0 aliphatic carbocycles. The first kappa shape index (κ1) is 15.5. The molecule has 2 rings (SSSR count). The van der Waals surface area contributed by atoms with Gasteiger partial charge < -0.3 is 10.2 Å². The third-order valence-electron chi connectivity index (χ3n) is 4.41. The molecule has 2 nitrogen and oxygen atoms in total. The Hall–Kier alpha value is -0.930. The van der Waals surface area contributed by atoms with Gasteiger partial charge in [0.1, 0.15) is 5.82 Å². The molecule has 1 aromatic carbocycles. The minimum atomic E-state index is -0.0914. The molecule has 0 amide bonds. The molecule has 1 N–H and O–H groups in total. The first-order valence-corrected chi connectivity index (χ1v) is 7.94. The molecular weight excluding hydrogens is 251 g/mol. The average molecular weight is 278 g/mol. The van der Waals surface area contributed by atoms with Gasteiger partial charge >= 0.3 is 0 Å². The number of nitrogens with one attached hydrogen (secondary N) is 1. The van der Waals surface area contributed by atoms with Crippen LogP contribution < -0.4 is 5.32 Å². The van der Waals surface area contributed by atoms with Crippen molar-refractivity contribution in [1.29, 1.82) is 0 Å². The Balaban J connectivity index is 1.92. The first-order valence-electron chi connectivity index (χ1n) is 7.94. The molecule has 0 radical (unpaired) electrons. The molecular formula is C17H27FN2. The van der Waals surface area contributed by atoms with Crippen molar-refractivity contribution in [2.45, 2.75) is 39.2 Å². The molecule has 1 aliphatic rings. The number of benzene rings is 1. The van der Waals surface area contributed by atoms with Gasteiger partial charge in [-0.25, -0.2) is 4.39 Å². The molecule has 0 spiro atoms. The van der Waals surface area contributed by atoms with Gasteiger partial charge in [-0.2, -0.15) is 0 Å². The Bertz CT molecular complexity index is 408. The van der Waals surface area contributed by atoms with E-state index in [0.29, 0.717) is 0 Å². The number of rotatable bonds is 7.